The van der Waals surface area contributed by atoms with Gasteiger partial charge in [0, 0.05) is 6.07 Å². The van der Waals surface area contributed by atoms with Crippen molar-refractivity contribution >= 4 is 28.5 Å². The predicted molar refractivity (Wildman–Crippen MR) is 109 cm³/mol. The van der Waals surface area contributed by atoms with Gasteiger partial charge in [-0.25, -0.2) is 9.97 Å². The zero-order chi connectivity index (χ0) is 21.3. The Kier molecular flexibility index (Phi) is 4.80. The van der Waals surface area contributed by atoms with Crippen LogP contribution in [0.15, 0.2) is 48.8 Å². The maximum atomic E-state index is 12.9. The molecule has 0 aliphatic carbocycles. The van der Waals surface area contributed by atoms with Crippen molar-refractivity contribution in [2.75, 3.05) is 19.5 Å². The second-order valence-electron chi connectivity index (χ2n) is 6.27. The van der Waals surface area contributed by atoms with Gasteiger partial charge in [-0.3, -0.25) is 14.2 Å². The van der Waals surface area contributed by atoms with Crippen molar-refractivity contribution in [3.05, 3.63) is 60.2 Å². The molecule has 2 aromatic heterocycles. The summed E-state index contributed by atoms with van der Waals surface area (Å²) in [6.45, 7) is 0. The van der Waals surface area contributed by atoms with Crippen LogP contribution in [0.2, 0.25) is 0 Å². The number of rotatable bonds is 6. The van der Waals surface area contributed by atoms with Crippen LogP contribution in [-0.4, -0.2) is 45.6 Å². The Morgan fingerprint density at radius 3 is 2.63 bits per heavy atom. The fourth-order valence-electron chi connectivity index (χ4n) is 3.06. The molecule has 0 unspecified atom stereocenters. The molecular weight excluding hydrogens is 388 g/mol. The van der Waals surface area contributed by atoms with Crippen molar-refractivity contribution in [3.8, 4) is 17.4 Å². The minimum Gasteiger partial charge on any atom is -0.497 e. The molecule has 0 aliphatic rings. The van der Waals surface area contributed by atoms with Crippen LogP contribution in [0.25, 0.3) is 17.0 Å². The third kappa shape index (κ3) is 3.30. The van der Waals surface area contributed by atoms with Gasteiger partial charge in [-0.15, -0.1) is 0 Å². The zero-order valence-corrected chi connectivity index (χ0v) is 16.2. The van der Waals surface area contributed by atoms with Gasteiger partial charge in [0.05, 0.1) is 30.9 Å². The smallest absolute Gasteiger partial charge is 0.276 e. The largest absolute Gasteiger partial charge is 0.497 e. The third-order valence-electron chi connectivity index (χ3n) is 4.48. The van der Waals surface area contributed by atoms with E-state index < -0.39 is 11.8 Å². The highest BCUT2D eigenvalue weighted by Gasteiger charge is 2.25. The van der Waals surface area contributed by atoms with E-state index in [0.717, 1.165) is 5.52 Å². The summed E-state index contributed by atoms with van der Waals surface area (Å²) in [4.78, 5) is 36.7. The number of primary amides is 1. The summed E-state index contributed by atoms with van der Waals surface area (Å²) in [7, 11) is 2.98. The number of methoxy groups -OCH3 is 2. The monoisotopic (exact) mass is 406 g/mol. The van der Waals surface area contributed by atoms with Gasteiger partial charge >= 0.3 is 0 Å². The number of amides is 2. The molecule has 4 rings (SSSR count). The van der Waals surface area contributed by atoms with Crippen LogP contribution in [0.1, 0.15) is 21.0 Å². The van der Waals surface area contributed by atoms with Gasteiger partial charge in [0.1, 0.15) is 23.5 Å². The molecule has 10 nitrogen and oxygen atoms in total. The number of carbonyl (C=O) groups is 2. The standard InChI is InChI=1S/C20H18N6O4/c1-29-11-7-8-15(30-2)14(9-11)23-19(28)16-17(18(21)27)26(10-22-16)20-24-12-5-3-4-6-13(12)25-20/h3-10H,1-2H3,(H2,21,27)(H,23,28)(H,24,25). The van der Waals surface area contributed by atoms with Crippen molar-refractivity contribution < 1.29 is 19.1 Å². The van der Waals surface area contributed by atoms with E-state index in [0.29, 0.717) is 28.7 Å². The number of nitrogens with two attached hydrogens (primary N) is 1. The van der Waals surface area contributed by atoms with Crippen molar-refractivity contribution in [2.24, 2.45) is 5.73 Å². The Morgan fingerprint density at radius 1 is 1.13 bits per heavy atom. The molecule has 4 aromatic rings. The van der Waals surface area contributed by atoms with Crippen LogP contribution in [0.3, 0.4) is 0 Å². The molecule has 0 bridgehead atoms. The van der Waals surface area contributed by atoms with Gasteiger partial charge in [0.25, 0.3) is 11.8 Å². The number of aromatic amines is 1. The molecule has 152 valence electrons. The predicted octanol–water partition coefficient (Wildman–Crippen LogP) is 2.12. The number of anilines is 1. The van der Waals surface area contributed by atoms with Crippen LogP contribution in [-0.2, 0) is 0 Å². The molecule has 0 spiro atoms. The number of nitrogens with zero attached hydrogens (tertiary/aromatic N) is 3. The molecule has 30 heavy (non-hydrogen) atoms. The number of hydrogen-bond donors (Lipinski definition) is 3. The number of H-pyrrole nitrogens is 1. The number of carbonyl (C=O) groups excluding carboxylic acids is 2. The summed E-state index contributed by atoms with van der Waals surface area (Å²) in [5.41, 5.74) is 7.13. The number of fused-ring (bicyclic) bond motifs is 1. The van der Waals surface area contributed by atoms with Crippen LogP contribution in [0, 0.1) is 0 Å². The van der Waals surface area contributed by atoms with Gasteiger partial charge in [0.2, 0.25) is 5.95 Å². The fourth-order valence-corrected chi connectivity index (χ4v) is 3.06. The number of aromatic nitrogens is 4. The lowest BCUT2D eigenvalue weighted by Crippen LogP contribution is -2.23. The zero-order valence-electron chi connectivity index (χ0n) is 16.2. The Hall–Kier alpha value is -4.34. The number of nitrogens with one attached hydrogen (secondary N) is 2. The van der Waals surface area contributed by atoms with E-state index in [1.807, 2.05) is 24.3 Å². The SMILES string of the molecule is COc1ccc(OC)c(NC(=O)c2ncn(-c3nc4ccccc4[nH]3)c2C(N)=O)c1. The highest BCUT2D eigenvalue weighted by molar-refractivity contribution is 6.10. The Bertz CT molecular complexity index is 1230. The van der Waals surface area contributed by atoms with Gasteiger partial charge in [-0.2, -0.15) is 0 Å². The Balaban J connectivity index is 1.73. The summed E-state index contributed by atoms with van der Waals surface area (Å²) in [5.74, 6) is -0.202. The summed E-state index contributed by atoms with van der Waals surface area (Å²) in [6, 6.07) is 12.3. The van der Waals surface area contributed by atoms with Crippen molar-refractivity contribution in [2.45, 2.75) is 0 Å². The number of benzene rings is 2. The molecule has 4 N–H and O–H groups in total. The maximum Gasteiger partial charge on any atom is 0.276 e. The Morgan fingerprint density at radius 2 is 1.93 bits per heavy atom. The van der Waals surface area contributed by atoms with E-state index in [4.69, 9.17) is 15.2 Å². The molecule has 2 amide bonds. The van der Waals surface area contributed by atoms with Gasteiger partial charge in [0.15, 0.2) is 5.69 Å². The number of imidazole rings is 2. The summed E-state index contributed by atoms with van der Waals surface area (Å²) >= 11 is 0. The molecule has 2 heterocycles. The summed E-state index contributed by atoms with van der Waals surface area (Å²) in [6.07, 6.45) is 1.32. The van der Waals surface area contributed by atoms with E-state index in [-0.39, 0.29) is 11.4 Å². The molecule has 0 saturated carbocycles. The average molecular weight is 406 g/mol. The van der Waals surface area contributed by atoms with Crippen LogP contribution in [0.4, 0.5) is 5.69 Å². The van der Waals surface area contributed by atoms with E-state index in [1.165, 1.54) is 25.1 Å². The number of para-hydroxylation sites is 2. The van der Waals surface area contributed by atoms with Crippen molar-refractivity contribution in [1.82, 2.24) is 19.5 Å². The van der Waals surface area contributed by atoms with E-state index in [2.05, 4.69) is 20.3 Å². The average Bonchev–Trinajstić information content (AvgIpc) is 3.37. The normalized spacial score (nSPS) is 10.7. The summed E-state index contributed by atoms with van der Waals surface area (Å²) < 4.78 is 11.8. The highest BCUT2D eigenvalue weighted by atomic mass is 16.5. The number of hydrogen-bond acceptors (Lipinski definition) is 6. The highest BCUT2D eigenvalue weighted by Crippen LogP contribution is 2.29. The van der Waals surface area contributed by atoms with Gasteiger partial charge in [-0.1, -0.05) is 12.1 Å². The lowest BCUT2D eigenvalue weighted by molar-refractivity contribution is 0.0970. The van der Waals surface area contributed by atoms with Crippen molar-refractivity contribution in [3.63, 3.8) is 0 Å². The molecule has 0 radical (unpaired) electrons. The summed E-state index contributed by atoms with van der Waals surface area (Å²) in [5, 5.41) is 2.68. The first-order valence-corrected chi connectivity index (χ1v) is 8.87. The first-order valence-electron chi connectivity index (χ1n) is 8.87. The molecule has 0 aliphatic heterocycles. The molecule has 10 heteroatoms. The maximum absolute atomic E-state index is 12.9. The molecule has 0 saturated heterocycles. The Labute approximate surface area is 170 Å². The molecule has 2 aromatic carbocycles. The molecule has 0 fully saturated rings. The van der Waals surface area contributed by atoms with E-state index in [1.54, 1.807) is 18.2 Å². The second kappa shape index (κ2) is 7.59. The quantitative estimate of drug-likeness (QED) is 0.448. The minimum atomic E-state index is -0.823. The van der Waals surface area contributed by atoms with E-state index >= 15 is 0 Å². The lowest BCUT2D eigenvalue weighted by Gasteiger charge is -2.11. The first-order chi connectivity index (χ1) is 14.5. The van der Waals surface area contributed by atoms with Crippen molar-refractivity contribution in [1.29, 1.82) is 0 Å². The third-order valence-corrected chi connectivity index (χ3v) is 4.48. The second-order valence-corrected chi connectivity index (χ2v) is 6.27. The topological polar surface area (TPSA) is 137 Å². The van der Waals surface area contributed by atoms with Crippen LogP contribution >= 0.6 is 0 Å². The fraction of sp³-hybridized carbons (Fsp3) is 0.100. The number of ether oxygens (including phenoxy) is 2. The van der Waals surface area contributed by atoms with Gasteiger partial charge in [-0.05, 0) is 24.3 Å². The molecule has 0 atom stereocenters. The first kappa shape index (κ1) is 19.0. The van der Waals surface area contributed by atoms with Gasteiger partial charge < -0.3 is 25.5 Å². The lowest BCUT2D eigenvalue weighted by atomic mass is 10.2. The molecular formula is C20H18N6O4. The van der Waals surface area contributed by atoms with E-state index in [9.17, 15) is 9.59 Å². The van der Waals surface area contributed by atoms with Crippen LogP contribution in [0.5, 0.6) is 11.5 Å². The minimum absolute atomic E-state index is 0.103. The van der Waals surface area contributed by atoms with Crippen LogP contribution < -0.4 is 20.5 Å².